The number of imidazole rings is 2. The van der Waals surface area contributed by atoms with Crippen LogP contribution in [0.1, 0.15) is 11.6 Å². The van der Waals surface area contributed by atoms with Crippen molar-refractivity contribution in [2.24, 2.45) is 0 Å². The normalized spacial score (nSPS) is 13.6. The number of halogens is 2. The molecule has 0 fully saturated rings. The largest absolute Gasteiger partial charge is 0.586 e. The van der Waals surface area contributed by atoms with Crippen molar-refractivity contribution < 1.29 is 27.7 Å². The fourth-order valence-corrected chi connectivity index (χ4v) is 6.26. The van der Waals surface area contributed by atoms with E-state index in [9.17, 15) is 8.78 Å². The number of rotatable bonds is 5. The zero-order chi connectivity index (χ0) is 37.0. The minimum Gasteiger partial charge on any atom is -0.454 e. The van der Waals surface area contributed by atoms with Crippen molar-refractivity contribution >= 4 is 39.4 Å². The minimum absolute atomic E-state index is 0.00511. The van der Waals surface area contributed by atoms with E-state index in [1.807, 2.05) is 89.7 Å². The van der Waals surface area contributed by atoms with Crippen LogP contribution in [0, 0.1) is 13.8 Å². The average Bonchev–Trinajstić information content (AvgIpc) is 3.92. The molecule has 268 valence electrons. The Kier molecular flexibility index (Phi) is 7.65. The SMILES string of the molecule is Cc1nc2ccccc2n1-c1nc(N)cc(Nc2ccc3c(c2)OCO3)n1.Cc1nc2ccccc2n1-c1nccc(-c2ccc3c(c2)OC(F)(F)O3)n1. The van der Waals surface area contributed by atoms with Crippen LogP contribution < -0.4 is 30.0 Å². The highest BCUT2D eigenvalue weighted by Gasteiger charge is 2.43. The minimum atomic E-state index is -3.65. The highest BCUT2D eigenvalue weighted by Crippen LogP contribution is 2.43. The van der Waals surface area contributed by atoms with Gasteiger partial charge in [0.1, 0.15) is 23.3 Å². The second-order valence-electron chi connectivity index (χ2n) is 12.2. The molecule has 0 amide bonds. The van der Waals surface area contributed by atoms with Crippen molar-refractivity contribution in [3.63, 3.8) is 0 Å². The van der Waals surface area contributed by atoms with Crippen molar-refractivity contribution in [3.8, 4) is 46.2 Å². The van der Waals surface area contributed by atoms with Crippen LogP contribution in [-0.4, -0.2) is 52.1 Å². The number of alkyl halides is 2. The molecule has 0 saturated heterocycles. The molecule has 2 aliphatic rings. The molecule has 0 spiro atoms. The molecular weight excluding hydrogens is 698 g/mol. The lowest BCUT2D eigenvalue weighted by atomic mass is 10.1. The number of ether oxygens (including phenoxy) is 4. The van der Waals surface area contributed by atoms with E-state index in [1.165, 1.54) is 12.1 Å². The monoisotopic (exact) mass is 726 g/mol. The molecule has 0 saturated carbocycles. The fraction of sp³-hybridized carbons (Fsp3) is 0.105. The summed E-state index contributed by atoms with van der Waals surface area (Å²) in [5.74, 6) is 4.77. The molecular formula is C38H28F2N10O4. The molecule has 16 heteroatoms. The van der Waals surface area contributed by atoms with E-state index in [2.05, 4.69) is 44.7 Å². The summed E-state index contributed by atoms with van der Waals surface area (Å²) in [7, 11) is 0. The number of aromatic nitrogens is 8. The number of nitrogens with one attached hydrogen (secondary N) is 1. The Bertz CT molecular complexity index is 2730. The van der Waals surface area contributed by atoms with Gasteiger partial charge in [0.25, 0.3) is 0 Å². The maximum absolute atomic E-state index is 13.2. The van der Waals surface area contributed by atoms with Gasteiger partial charge in [-0.25, -0.2) is 19.9 Å². The molecule has 54 heavy (non-hydrogen) atoms. The lowest BCUT2D eigenvalue weighted by molar-refractivity contribution is -0.286. The molecule has 2 aliphatic heterocycles. The zero-order valence-electron chi connectivity index (χ0n) is 28.6. The Labute approximate surface area is 304 Å². The smallest absolute Gasteiger partial charge is 0.454 e. The van der Waals surface area contributed by atoms with Crippen LogP contribution in [0.15, 0.2) is 103 Å². The van der Waals surface area contributed by atoms with Gasteiger partial charge in [-0.1, -0.05) is 24.3 Å². The molecule has 0 unspecified atom stereocenters. The number of hydrogen-bond donors (Lipinski definition) is 2. The molecule has 0 bridgehead atoms. The van der Waals surface area contributed by atoms with Crippen molar-refractivity contribution in [2.75, 3.05) is 17.8 Å². The Morgan fingerprint density at radius 1 is 0.667 bits per heavy atom. The molecule has 0 atom stereocenters. The van der Waals surface area contributed by atoms with E-state index in [0.717, 1.165) is 45.2 Å². The Hall–Kier alpha value is -7.36. The van der Waals surface area contributed by atoms with Crippen LogP contribution in [0.3, 0.4) is 0 Å². The number of anilines is 3. The van der Waals surface area contributed by atoms with Gasteiger partial charge in [0.15, 0.2) is 23.0 Å². The number of nitrogen functional groups attached to an aromatic ring is 1. The number of para-hydroxylation sites is 4. The third-order valence-electron chi connectivity index (χ3n) is 8.58. The van der Waals surface area contributed by atoms with E-state index >= 15 is 0 Å². The Balaban J connectivity index is 0.000000142. The van der Waals surface area contributed by atoms with Crippen molar-refractivity contribution in [1.29, 1.82) is 0 Å². The molecule has 6 heterocycles. The summed E-state index contributed by atoms with van der Waals surface area (Å²) in [6.07, 6.45) is -2.03. The maximum atomic E-state index is 13.2. The molecule has 4 aromatic heterocycles. The third-order valence-corrected chi connectivity index (χ3v) is 8.58. The second-order valence-corrected chi connectivity index (χ2v) is 12.2. The molecule has 8 aromatic rings. The van der Waals surface area contributed by atoms with Crippen molar-refractivity contribution in [1.82, 2.24) is 39.0 Å². The van der Waals surface area contributed by atoms with Gasteiger partial charge >= 0.3 is 6.29 Å². The van der Waals surface area contributed by atoms with Gasteiger partial charge in [-0.15, -0.1) is 8.78 Å². The standard InChI is InChI=1S/C19H12F2N4O2.C19H16N6O2/c1-11-23-14-4-2-3-5-15(14)25(11)18-22-9-8-13(24-18)12-6-7-16-17(10-12)27-19(20,21)26-16;1-11-21-13-4-2-3-5-14(13)25(11)19-23-17(20)9-18(24-19)22-12-6-7-15-16(8-12)27-10-26-15/h2-10H,1H3;2-9H,10H2,1H3,(H3,20,22,23,24). The highest BCUT2D eigenvalue weighted by atomic mass is 19.3. The summed E-state index contributed by atoms with van der Waals surface area (Å²) < 4.78 is 49.9. The first kappa shape index (κ1) is 32.5. The van der Waals surface area contributed by atoms with E-state index in [0.29, 0.717) is 40.5 Å². The summed E-state index contributed by atoms with van der Waals surface area (Å²) in [4.78, 5) is 27.0. The summed E-state index contributed by atoms with van der Waals surface area (Å²) >= 11 is 0. The number of nitrogens with two attached hydrogens (primary N) is 1. The molecule has 14 nitrogen and oxygen atoms in total. The number of aryl methyl sites for hydroxylation is 2. The van der Waals surface area contributed by atoms with Crippen LogP contribution in [0.2, 0.25) is 0 Å². The fourth-order valence-electron chi connectivity index (χ4n) is 6.26. The highest BCUT2D eigenvalue weighted by molar-refractivity contribution is 5.79. The lowest BCUT2D eigenvalue weighted by Crippen LogP contribution is -2.25. The van der Waals surface area contributed by atoms with Gasteiger partial charge in [-0.3, -0.25) is 9.13 Å². The van der Waals surface area contributed by atoms with Crippen molar-refractivity contribution in [2.45, 2.75) is 20.1 Å². The van der Waals surface area contributed by atoms with Gasteiger partial charge in [-0.2, -0.15) is 9.97 Å². The van der Waals surface area contributed by atoms with Crippen LogP contribution in [0.5, 0.6) is 23.0 Å². The van der Waals surface area contributed by atoms with E-state index in [-0.39, 0.29) is 18.3 Å². The summed E-state index contributed by atoms with van der Waals surface area (Å²) in [6.45, 7) is 4.02. The molecule has 3 N–H and O–H groups in total. The molecule has 0 aliphatic carbocycles. The first-order valence-corrected chi connectivity index (χ1v) is 16.6. The van der Waals surface area contributed by atoms with Crippen LogP contribution in [-0.2, 0) is 0 Å². The average molecular weight is 727 g/mol. The number of nitrogens with zero attached hydrogens (tertiary/aromatic N) is 8. The number of fused-ring (bicyclic) bond motifs is 4. The van der Waals surface area contributed by atoms with Crippen LogP contribution in [0.4, 0.5) is 26.1 Å². The molecule has 4 aromatic carbocycles. The van der Waals surface area contributed by atoms with Crippen molar-refractivity contribution in [3.05, 3.63) is 115 Å². The van der Waals surface area contributed by atoms with E-state index in [1.54, 1.807) is 24.4 Å². The topological polar surface area (TPSA) is 162 Å². The van der Waals surface area contributed by atoms with Gasteiger partial charge in [0, 0.05) is 29.6 Å². The lowest BCUT2D eigenvalue weighted by Gasteiger charge is -2.11. The maximum Gasteiger partial charge on any atom is 0.586 e. The van der Waals surface area contributed by atoms with E-state index in [4.69, 9.17) is 15.2 Å². The summed E-state index contributed by atoms with van der Waals surface area (Å²) in [5, 5.41) is 3.24. The molecule has 10 rings (SSSR count). The quantitative estimate of drug-likeness (QED) is 0.182. The van der Waals surface area contributed by atoms with Gasteiger partial charge in [0.2, 0.25) is 18.7 Å². The number of hydrogen-bond acceptors (Lipinski definition) is 12. The third kappa shape index (κ3) is 6.04. The first-order valence-electron chi connectivity index (χ1n) is 16.6. The van der Waals surface area contributed by atoms with Gasteiger partial charge in [-0.05, 0) is 74.5 Å². The predicted octanol–water partition coefficient (Wildman–Crippen LogP) is 7.29. The second kappa shape index (κ2) is 12.7. The first-order chi connectivity index (χ1) is 26.2. The Morgan fingerprint density at radius 2 is 1.33 bits per heavy atom. The van der Waals surface area contributed by atoms with Gasteiger partial charge in [0.05, 0.1) is 27.8 Å². The zero-order valence-corrected chi connectivity index (χ0v) is 28.6. The molecule has 0 radical (unpaired) electrons. The van der Waals surface area contributed by atoms with Crippen LogP contribution in [0.25, 0.3) is 45.2 Å². The number of benzene rings is 4. The van der Waals surface area contributed by atoms with Crippen LogP contribution >= 0.6 is 0 Å². The summed E-state index contributed by atoms with van der Waals surface area (Å²) in [6, 6.07) is 29.1. The van der Waals surface area contributed by atoms with Gasteiger partial charge < -0.3 is 30.0 Å². The van der Waals surface area contributed by atoms with E-state index < -0.39 is 6.29 Å². The predicted molar refractivity (Wildman–Crippen MR) is 195 cm³/mol. The Morgan fingerprint density at radius 3 is 2.09 bits per heavy atom. The summed E-state index contributed by atoms with van der Waals surface area (Å²) in [5.41, 5.74) is 11.6.